The molecule has 1 amide bonds. The van der Waals surface area contributed by atoms with E-state index in [1.54, 1.807) is 12.3 Å². The molecule has 1 aliphatic heterocycles. The summed E-state index contributed by atoms with van der Waals surface area (Å²) in [5.41, 5.74) is 5.84. The number of halogens is 1. The molecule has 0 fully saturated rings. The second-order valence-corrected chi connectivity index (χ2v) is 8.06. The maximum absolute atomic E-state index is 13.8. The van der Waals surface area contributed by atoms with E-state index < -0.39 is 5.82 Å². The molecule has 1 aliphatic rings. The molecule has 6 nitrogen and oxygen atoms in total. The fraction of sp³-hybridized carbons (Fsp3) is 0.120. The van der Waals surface area contributed by atoms with Gasteiger partial charge in [-0.15, -0.1) is 0 Å². The number of rotatable bonds is 5. The van der Waals surface area contributed by atoms with Crippen molar-refractivity contribution in [3.63, 3.8) is 0 Å². The third-order valence-electron chi connectivity index (χ3n) is 5.38. The molecular formula is C25H22FN5O. The molecule has 3 heterocycles. The first-order valence-electron chi connectivity index (χ1n) is 10.3. The zero-order valence-electron chi connectivity index (χ0n) is 17.8. The molecule has 0 saturated heterocycles. The van der Waals surface area contributed by atoms with Gasteiger partial charge in [-0.2, -0.15) is 0 Å². The minimum Gasteiger partial charge on any atom is -0.354 e. The Morgan fingerprint density at radius 2 is 1.91 bits per heavy atom. The van der Waals surface area contributed by atoms with Gasteiger partial charge >= 0.3 is 0 Å². The average Bonchev–Trinajstić information content (AvgIpc) is 3.35. The summed E-state index contributed by atoms with van der Waals surface area (Å²) in [5.74, 6) is -0.671. The number of imidazole rings is 1. The predicted octanol–water partition coefficient (Wildman–Crippen LogP) is 4.47. The highest BCUT2D eigenvalue weighted by Crippen LogP contribution is 2.38. The first kappa shape index (κ1) is 20.0. The van der Waals surface area contributed by atoms with Crippen molar-refractivity contribution >= 4 is 34.2 Å². The predicted molar refractivity (Wildman–Crippen MR) is 124 cm³/mol. The van der Waals surface area contributed by atoms with Crippen LogP contribution >= 0.6 is 0 Å². The Morgan fingerprint density at radius 3 is 2.69 bits per heavy atom. The van der Waals surface area contributed by atoms with E-state index in [0.29, 0.717) is 22.5 Å². The van der Waals surface area contributed by atoms with E-state index in [1.165, 1.54) is 17.7 Å². The molecular weight excluding hydrogens is 405 g/mol. The van der Waals surface area contributed by atoms with Gasteiger partial charge in [0.15, 0.2) is 0 Å². The second-order valence-electron chi connectivity index (χ2n) is 8.06. The largest absolute Gasteiger partial charge is 0.354 e. The number of benzene rings is 2. The Hall–Kier alpha value is -3.97. The third-order valence-corrected chi connectivity index (χ3v) is 5.38. The molecule has 0 atom stereocenters. The lowest BCUT2D eigenvalue weighted by atomic mass is 10.0. The maximum atomic E-state index is 13.8. The molecule has 0 saturated carbocycles. The number of carbonyl (C=O) groups is 1. The standard InChI is InChI=1S/C25H22FN5O/c1-30(2)15-16-3-6-19(7-4-16)28-24(17-9-11-31-12-10-27-22(31)13-17)23-20-8-5-18(26)14-21(20)29-25(23)32/h3-14,28H,15H2,1-2H3,(H,29,32). The zero-order chi connectivity index (χ0) is 22.2. The van der Waals surface area contributed by atoms with Crippen LogP contribution in [0.2, 0.25) is 0 Å². The smallest absolute Gasteiger partial charge is 0.258 e. The lowest BCUT2D eigenvalue weighted by molar-refractivity contribution is -0.110. The van der Waals surface area contributed by atoms with E-state index in [0.717, 1.165) is 23.4 Å². The first-order chi connectivity index (χ1) is 15.5. The lowest BCUT2D eigenvalue weighted by Crippen LogP contribution is -2.11. The van der Waals surface area contributed by atoms with Crippen LogP contribution in [0.15, 0.2) is 73.2 Å². The van der Waals surface area contributed by atoms with Crippen LogP contribution in [0.3, 0.4) is 0 Å². The van der Waals surface area contributed by atoms with Gasteiger partial charge in [-0.3, -0.25) is 4.79 Å². The number of carbonyl (C=O) groups excluding carboxylic acids is 1. The van der Waals surface area contributed by atoms with Crippen LogP contribution in [0.25, 0.3) is 16.9 Å². The molecule has 2 aromatic carbocycles. The quantitative estimate of drug-likeness (QED) is 0.462. The van der Waals surface area contributed by atoms with Crippen LogP contribution in [-0.4, -0.2) is 34.3 Å². The molecule has 4 aromatic rings. The van der Waals surface area contributed by atoms with Crippen LogP contribution in [0.5, 0.6) is 0 Å². The van der Waals surface area contributed by atoms with Crippen molar-refractivity contribution < 1.29 is 9.18 Å². The molecule has 0 radical (unpaired) electrons. The molecule has 160 valence electrons. The van der Waals surface area contributed by atoms with Crippen molar-refractivity contribution in [1.29, 1.82) is 0 Å². The Bertz CT molecular complexity index is 1350. The number of aromatic nitrogens is 2. The highest BCUT2D eigenvalue weighted by molar-refractivity contribution is 6.37. The van der Waals surface area contributed by atoms with Gasteiger partial charge in [0.25, 0.3) is 5.91 Å². The van der Waals surface area contributed by atoms with Gasteiger partial charge in [0.05, 0.1) is 17.0 Å². The van der Waals surface area contributed by atoms with Gasteiger partial charge in [-0.1, -0.05) is 12.1 Å². The summed E-state index contributed by atoms with van der Waals surface area (Å²) in [6, 6.07) is 16.3. The van der Waals surface area contributed by atoms with Gasteiger partial charge in [-0.05, 0) is 62.1 Å². The van der Waals surface area contributed by atoms with Crippen molar-refractivity contribution in [1.82, 2.24) is 14.3 Å². The second kappa shape index (κ2) is 7.94. The highest BCUT2D eigenvalue weighted by Gasteiger charge is 2.29. The molecule has 0 unspecified atom stereocenters. The first-order valence-corrected chi connectivity index (χ1v) is 10.3. The number of pyridine rings is 1. The van der Waals surface area contributed by atoms with Gasteiger partial charge in [0.1, 0.15) is 11.5 Å². The summed E-state index contributed by atoms with van der Waals surface area (Å²) in [6.45, 7) is 0.839. The van der Waals surface area contributed by atoms with E-state index in [9.17, 15) is 9.18 Å². The molecule has 2 N–H and O–H groups in total. The van der Waals surface area contributed by atoms with Crippen LogP contribution in [0.1, 0.15) is 16.7 Å². The Balaban J connectivity index is 1.63. The Morgan fingerprint density at radius 1 is 1.09 bits per heavy atom. The monoisotopic (exact) mass is 427 g/mol. The Labute approximate surface area is 185 Å². The summed E-state index contributed by atoms with van der Waals surface area (Å²) in [6.07, 6.45) is 5.49. The summed E-state index contributed by atoms with van der Waals surface area (Å²) < 4.78 is 15.7. The summed E-state index contributed by atoms with van der Waals surface area (Å²) in [5, 5.41) is 6.22. The summed E-state index contributed by atoms with van der Waals surface area (Å²) in [7, 11) is 4.05. The van der Waals surface area contributed by atoms with E-state index in [1.807, 2.05) is 55.2 Å². The SMILES string of the molecule is CN(C)Cc1ccc(NC(=C2C(=O)Nc3cc(F)ccc32)c2ccn3ccnc3c2)cc1. The number of nitrogens with one attached hydrogen (secondary N) is 2. The summed E-state index contributed by atoms with van der Waals surface area (Å²) >= 11 is 0. The van der Waals surface area contributed by atoms with Crippen molar-refractivity contribution in [3.8, 4) is 0 Å². The molecule has 0 aliphatic carbocycles. The highest BCUT2D eigenvalue weighted by atomic mass is 19.1. The number of amides is 1. The maximum Gasteiger partial charge on any atom is 0.258 e. The molecule has 32 heavy (non-hydrogen) atoms. The average molecular weight is 427 g/mol. The van der Waals surface area contributed by atoms with Crippen molar-refractivity contribution in [2.24, 2.45) is 0 Å². The number of nitrogens with zero attached hydrogens (tertiary/aromatic N) is 3. The van der Waals surface area contributed by atoms with E-state index in [4.69, 9.17) is 0 Å². The van der Waals surface area contributed by atoms with Crippen molar-refractivity contribution in [2.45, 2.75) is 6.54 Å². The number of fused-ring (bicyclic) bond motifs is 2. The molecule has 2 aromatic heterocycles. The van der Waals surface area contributed by atoms with Crippen molar-refractivity contribution in [2.75, 3.05) is 24.7 Å². The van der Waals surface area contributed by atoms with Gasteiger partial charge < -0.3 is 19.9 Å². The van der Waals surface area contributed by atoms with Crippen LogP contribution in [0, 0.1) is 5.82 Å². The topological polar surface area (TPSA) is 61.7 Å². The van der Waals surface area contributed by atoms with Crippen LogP contribution in [-0.2, 0) is 11.3 Å². The molecule has 5 rings (SSSR count). The van der Waals surface area contributed by atoms with E-state index >= 15 is 0 Å². The zero-order valence-corrected chi connectivity index (χ0v) is 17.8. The van der Waals surface area contributed by atoms with Crippen molar-refractivity contribution in [3.05, 3.63) is 95.7 Å². The van der Waals surface area contributed by atoms with Crippen LogP contribution < -0.4 is 10.6 Å². The Kier molecular flexibility index (Phi) is 4.95. The normalized spacial score (nSPS) is 14.6. The fourth-order valence-corrected chi connectivity index (χ4v) is 3.94. The summed E-state index contributed by atoms with van der Waals surface area (Å²) in [4.78, 5) is 19.5. The van der Waals surface area contributed by atoms with Gasteiger partial charge in [0.2, 0.25) is 0 Å². The van der Waals surface area contributed by atoms with E-state index in [2.05, 4.69) is 32.7 Å². The lowest BCUT2D eigenvalue weighted by Gasteiger charge is -2.16. The number of hydrogen-bond donors (Lipinski definition) is 2. The molecule has 7 heteroatoms. The third kappa shape index (κ3) is 3.74. The minimum atomic E-state index is -0.393. The fourth-order valence-electron chi connectivity index (χ4n) is 3.94. The van der Waals surface area contributed by atoms with Crippen LogP contribution in [0.4, 0.5) is 15.8 Å². The van der Waals surface area contributed by atoms with Gasteiger partial charge in [0, 0.05) is 41.9 Å². The minimum absolute atomic E-state index is 0.277. The molecule has 0 spiro atoms. The number of anilines is 2. The molecule has 0 bridgehead atoms. The van der Waals surface area contributed by atoms with E-state index in [-0.39, 0.29) is 5.91 Å². The number of hydrogen-bond acceptors (Lipinski definition) is 4. The van der Waals surface area contributed by atoms with Gasteiger partial charge in [-0.25, -0.2) is 9.37 Å².